The minimum Gasteiger partial charge on any atom is -0.480 e. The van der Waals surface area contributed by atoms with Gasteiger partial charge in [0, 0.05) is 37.7 Å². The first-order valence-corrected chi connectivity index (χ1v) is 6.37. The van der Waals surface area contributed by atoms with Crippen molar-refractivity contribution in [2.24, 2.45) is 0 Å². The molecular weight excluding hydrogens is 240 g/mol. The molecule has 2 rings (SSSR count). The predicted octanol–water partition coefficient (Wildman–Crippen LogP) is 0.442. The van der Waals surface area contributed by atoms with E-state index >= 15 is 0 Å². The number of carboxylic acids is 1. The molecule has 0 radical (unpaired) electrons. The van der Waals surface area contributed by atoms with Gasteiger partial charge in [0.1, 0.15) is 11.9 Å². The Labute approximate surface area is 104 Å². The monoisotopic (exact) mass is 256 g/mol. The van der Waals surface area contributed by atoms with Crippen LogP contribution in [0.3, 0.4) is 0 Å². The van der Waals surface area contributed by atoms with Gasteiger partial charge in [-0.05, 0) is 13.8 Å². The summed E-state index contributed by atoms with van der Waals surface area (Å²) in [5.41, 5.74) is 0. The summed E-state index contributed by atoms with van der Waals surface area (Å²) < 4.78 is 4.16. The number of aromatic nitrogens is 2. The minimum atomic E-state index is -0.759. The molecule has 0 saturated carbocycles. The van der Waals surface area contributed by atoms with E-state index in [1.54, 1.807) is 6.92 Å². The Morgan fingerprint density at radius 3 is 2.53 bits per heavy atom. The minimum absolute atomic E-state index is 0.409. The molecule has 1 aliphatic rings. The van der Waals surface area contributed by atoms with Gasteiger partial charge in [0.15, 0.2) is 0 Å². The van der Waals surface area contributed by atoms with Gasteiger partial charge in [-0.15, -0.1) is 0 Å². The number of piperazine rings is 1. The molecule has 1 aromatic rings. The molecule has 0 bridgehead atoms. The van der Waals surface area contributed by atoms with Crippen LogP contribution >= 0.6 is 11.5 Å². The first-order valence-electron chi connectivity index (χ1n) is 5.60. The molecule has 1 aliphatic heterocycles. The lowest BCUT2D eigenvalue weighted by molar-refractivity contribution is -0.142. The lowest BCUT2D eigenvalue weighted by Crippen LogP contribution is -2.51. The Morgan fingerprint density at radius 1 is 1.41 bits per heavy atom. The molecule has 1 atom stereocenters. The molecule has 1 N–H and O–H groups in total. The smallest absolute Gasteiger partial charge is 0.320 e. The third kappa shape index (κ3) is 2.73. The van der Waals surface area contributed by atoms with Gasteiger partial charge in [-0.2, -0.15) is 4.37 Å². The van der Waals surface area contributed by atoms with Gasteiger partial charge in [-0.25, -0.2) is 4.98 Å². The molecule has 1 fully saturated rings. The fourth-order valence-corrected chi connectivity index (χ4v) is 2.60. The fraction of sp³-hybridized carbons (Fsp3) is 0.700. The van der Waals surface area contributed by atoms with E-state index in [9.17, 15) is 4.79 Å². The van der Waals surface area contributed by atoms with Gasteiger partial charge in [-0.1, -0.05) is 0 Å². The van der Waals surface area contributed by atoms with Crippen LogP contribution < -0.4 is 4.90 Å². The van der Waals surface area contributed by atoms with E-state index < -0.39 is 12.0 Å². The first kappa shape index (κ1) is 12.3. The van der Waals surface area contributed by atoms with Gasteiger partial charge in [-0.3, -0.25) is 9.69 Å². The van der Waals surface area contributed by atoms with E-state index in [1.165, 1.54) is 11.5 Å². The van der Waals surface area contributed by atoms with Crippen molar-refractivity contribution in [3.63, 3.8) is 0 Å². The van der Waals surface area contributed by atoms with Gasteiger partial charge in [0.25, 0.3) is 0 Å². The molecular formula is C10H16N4O2S. The van der Waals surface area contributed by atoms with E-state index in [0.717, 1.165) is 37.1 Å². The molecule has 17 heavy (non-hydrogen) atoms. The highest BCUT2D eigenvalue weighted by Crippen LogP contribution is 2.19. The number of aryl methyl sites for hydroxylation is 1. The second kappa shape index (κ2) is 4.97. The molecule has 0 unspecified atom stereocenters. The summed E-state index contributed by atoms with van der Waals surface area (Å²) in [6.45, 7) is 6.74. The van der Waals surface area contributed by atoms with Gasteiger partial charge < -0.3 is 10.0 Å². The molecule has 0 amide bonds. The Hall–Kier alpha value is -1.21. The highest BCUT2D eigenvalue weighted by atomic mass is 32.1. The van der Waals surface area contributed by atoms with Crippen molar-refractivity contribution in [2.45, 2.75) is 19.9 Å². The lowest BCUT2D eigenvalue weighted by atomic mass is 10.2. The summed E-state index contributed by atoms with van der Waals surface area (Å²) >= 11 is 1.40. The van der Waals surface area contributed by atoms with Gasteiger partial charge >= 0.3 is 5.97 Å². The quantitative estimate of drug-likeness (QED) is 0.846. The lowest BCUT2D eigenvalue weighted by Gasteiger charge is -2.36. The zero-order valence-electron chi connectivity index (χ0n) is 9.96. The van der Waals surface area contributed by atoms with Crippen LogP contribution in [0.1, 0.15) is 12.7 Å². The second-order valence-electron chi connectivity index (χ2n) is 4.16. The molecule has 0 aliphatic carbocycles. The molecule has 0 spiro atoms. The molecule has 2 heterocycles. The van der Waals surface area contributed by atoms with E-state index in [1.807, 2.05) is 11.8 Å². The number of rotatable bonds is 3. The van der Waals surface area contributed by atoms with E-state index in [2.05, 4.69) is 14.3 Å². The standard InChI is InChI=1S/C10H16N4O2S/c1-7(9(15)16)13-3-5-14(6-4-13)10-11-8(2)12-17-10/h7H,3-6H2,1-2H3,(H,15,16)/t7-/m0/s1. The van der Waals surface area contributed by atoms with Crippen LogP contribution in [0.4, 0.5) is 5.13 Å². The van der Waals surface area contributed by atoms with E-state index in [4.69, 9.17) is 5.11 Å². The largest absolute Gasteiger partial charge is 0.480 e. The van der Waals surface area contributed by atoms with Crippen LogP contribution in [0.25, 0.3) is 0 Å². The number of hydrogen-bond donors (Lipinski definition) is 1. The highest BCUT2D eigenvalue weighted by Gasteiger charge is 2.26. The van der Waals surface area contributed by atoms with E-state index in [0.29, 0.717) is 0 Å². The van der Waals surface area contributed by atoms with Crippen molar-refractivity contribution in [3.05, 3.63) is 5.82 Å². The Kier molecular flexibility index (Phi) is 3.58. The van der Waals surface area contributed by atoms with Gasteiger partial charge in [0.05, 0.1) is 0 Å². The number of anilines is 1. The van der Waals surface area contributed by atoms with Crippen LogP contribution in [0.2, 0.25) is 0 Å². The maximum Gasteiger partial charge on any atom is 0.320 e. The average molecular weight is 256 g/mol. The maximum absolute atomic E-state index is 10.9. The zero-order chi connectivity index (χ0) is 12.4. The van der Waals surface area contributed by atoms with Crippen molar-refractivity contribution in [3.8, 4) is 0 Å². The number of aliphatic carboxylic acids is 1. The summed E-state index contributed by atoms with van der Waals surface area (Å²) in [4.78, 5) is 19.4. The molecule has 6 nitrogen and oxygen atoms in total. The Morgan fingerprint density at radius 2 is 2.06 bits per heavy atom. The van der Waals surface area contributed by atoms with Crippen molar-refractivity contribution < 1.29 is 9.90 Å². The van der Waals surface area contributed by atoms with Gasteiger partial charge in [0.2, 0.25) is 5.13 Å². The van der Waals surface area contributed by atoms with Crippen molar-refractivity contribution in [2.75, 3.05) is 31.1 Å². The van der Waals surface area contributed by atoms with Crippen LogP contribution in [-0.2, 0) is 4.79 Å². The number of hydrogen-bond acceptors (Lipinski definition) is 6. The third-order valence-corrected chi connectivity index (χ3v) is 3.88. The highest BCUT2D eigenvalue weighted by molar-refractivity contribution is 7.09. The second-order valence-corrected chi connectivity index (χ2v) is 4.89. The Balaban J connectivity index is 1.92. The zero-order valence-corrected chi connectivity index (χ0v) is 10.8. The topological polar surface area (TPSA) is 69.6 Å². The van der Waals surface area contributed by atoms with E-state index in [-0.39, 0.29) is 0 Å². The molecule has 1 aromatic heterocycles. The van der Waals surface area contributed by atoms with Crippen molar-refractivity contribution in [1.29, 1.82) is 0 Å². The number of carbonyl (C=O) groups is 1. The third-order valence-electron chi connectivity index (χ3n) is 3.01. The van der Waals surface area contributed by atoms with Crippen LogP contribution in [-0.4, -0.2) is 57.6 Å². The normalized spacial score (nSPS) is 19.3. The number of nitrogens with zero attached hydrogens (tertiary/aromatic N) is 4. The maximum atomic E-state index is 10.9. The SMILES string of the molecule is Cc1nsc(N2CCN([C@@H](C)C(=O)O)CC2)n1. The fourth-order valence-electron chi connectivity index (χ4n) is 1.87. The van der Waals surface area contributed by atoms with Crippen LogP contribution in [0.5, 0.6) is 0 Å². The van der Waals surface area contributed by atoms with Crippen LogP contribution in [0, 0.1) is 6.92 Å². The van der Waals surface area contributed by atoms with Crippen molar-refractivity contribution >= 4 is 22.6 Å². The summed E-state index contributed by atoms with van der Waals surface area (Å²) in [7, 11) is 0. The van der Waals surface area contributed by atoms with Crippen molar-refractivity contribution in [1.82, 2.24) is 14.3 Å². The molecule has 1 saturated heterocycles. The van der Waals surface area contributed by atoms with Crippen LogP contribution in [0.15, 0.2) is 0 Å². The molecule has 7 heteroatoms. The Bertz CT molecular complexity index is 401. The summed E-state index contributed by atoms with van der Waals surface area (Å²) in [5.74, 6) is 0.0385. The predicted molar refractivity (Wildman–Crippen MR) is 65.5 cm³/mol. The average Bonchev–Trinajstić information content (AvgIpc) is 2.75. The summed E-state index contributed by atoms with van der Waals surface area (Å²) in [5, 5.41) is 9.88. The first-order chi connectivity index (χ1) is 8.08. The summed E-state index contributed by atoms with van der Waals surface area (Å²) in [6.07, 6.45) is 0. The molecule has 94 valence electrons. The molecule has 0 aromatic carbocycles. The summed E-state index contributed by atoms with van der Waals surface area (Å²) in [6, 6.07) is -0.409. The number of carboxylic acid groups (broad SMARTS) is 1.